The van der Waals surface area contributed by atoms with Gasteiger partial charge < -0.3 is 14.5 Å². The predicted octanol–water partition coefficient (Wildman–Crippen LogP) is 2.41. The molecular formula is C19H23N3O2. The molecule has 1 aliphatic heterocycles. The summed E-state index contributed by atoms with van der Waals surface area (Å²) in [5.41, 5.74) is 2.80. The molecule has 1 aromatic carbocycles. The van der Waals surface area contributed by atoms with Gasteiger partial charge in [0.1, 0.15) is 5.82 Å². The monoisotopic (exact) mass is 325 g/mol. The zero-order valence-electron chi connectivity index (χ0n) is 14.2. The van der Waals surface area contributed by atoms with Crippen LogP contribution < -0.4 is 9.80 Å². The summed E-state index contributed by atoms with van der Waals surface area (Å²) in [6.07, 6.45) is 2.08. The van der Waals surface area contributed by atoms with Gasteiger partial charge in [-0.25, -0.2) is 4.98 Å². The van der Waals surface area contributed by atoms with Crippen molar-refractivity contribution in [1.29, 1.82) is 0 Å². The Morgan fingerprint density at radius 2 is 1.83 bits per heavy atom. The van der Waals surface area contributed by atoms with Gasteiger partial charge in [0.25, 0.3) is 0 Å². The third-order valence-corrected chi connectivity index (χ3v) is 4.22. The number of pyridine rings is 1. The van der Waals surface area contributed by atoms with E-state index < -0.39 is 0 Å². The maximum absolute atomic E-state index is 12.4. The van der Waals surface area contributed by atoms with E-state index in [-0.39, 0.29) is 5.78 Å². The van der Waals surface area contributed by atoms with Crippen LogP contribution in [0.15, 0.2) is 42.6 Å². The second-order valence-corrected chi connectivity index (χ2v) is 6.17. The number of rotatable bonds is 5. The molecule has 0 atom stereocenters. The van der Waals surface area contributed by atoms with Crippen molar-refractivity contribution in [2.75, 3.05) is 50.2 Å². The van der Waals surface area contributed by atoms with Gasteiger partial charge in [0.2, 0.25) is 0 Å². The Balaban J connectivity index is 1.64. The largest absolute Gasteiger partial charge is 0.378 e. The van der Waals surface area contributed by atoms with Crippen LogP contribution in [0, 0.1) is 0 Å². The molecule has 2 aromatic rings. The number of morpholine rings is 1. The lowest BCUT2D eigenvalue weighted by Gasteiger charge is -2.27. The Kier molecular flexibility index (Phi) is 5.11. The van der Waals surface area contributed by atoms with Gasteiger partial charge in [-0.15, -0.1) is 0 Å². The molecule has 1 fully saturated rings. The van der Waals surface area contributed by atoms with E-state index in [4.69, 9.17) is 4.74 Å². The molecule has 1 saturated heterocycles. The number of aromatic nitrogens is 1. The molecule has 0 saturated carbocycles. The highest BCUT2D eigenvalue weighted by molar-refractivity contribution is 5.97. The summed E-state index contributed by atoms with van der Waals surface area (Å²) in [6.45, 7) is 3.15. The van der Waals surface area contributed by atoms with Gasteiger partial charge in [-0.1, -0.05) is 12.1 Å². The molecule has 1 aromatic heterocycles. The summed E-state index contributed by atoms with van der Waals surface area (Å²) in [4.78, 5) is 21.1. The molecule has 24 heavy (non-hydrogen) atoms. The molecule has 0 N–H and O–H groups in total. The van der Waals surface area contributed by atoms with Crippen molar-refractivity contribution in [2.45, 2.75) is 6.42 Å². The number of carbonyl (C=O) groups is 1. The number of carbonyl (C=O) groups excluding carboxylic acids is 1. The maximum Gasteiger partial charge on any atom is 0.168 e. The average molecular weight is 325 g/mol. The summed E-state index contributed by atoms with van der Waals surface area (Å²) >= 11 is 0. The second kappa shape index (κ2) is 7.45. The minimum absolute atomic E-state index is 0.0913. The number of Topliss-reactive ketones (excluding diaryl/α,β-unsaturated/α-hetero) is 1. The van der Waals surface area contributed by atoms with Gasteiger partial charge in [-0.2, -0.15) is 0 Å². The molecule has 5 nitrogen and oxygen atoms in total. The topological polar surface area (TPSA) is 45.7 Å². The van der Waals surface area contributed by atoms with E-state index >= 15 is 0 Å². The van der Waals surface area contributed by atoms with Crippen molar-refractivity contribution in [1.82, 2.24) is 4.98 Å². The Labute approximate surface area is 142 Å². The van der Waals surface area contributed by atoms with Gasteiger partial charge in [-0.05, 0) is 29.8 Å². The molecule has 1 aliphatic rings. The second-order valence-electron chi connectivity index (χ2n) is 6.17. The van der Waals surface area contributed by atoms with Crippen LogP contribution in [0.1, 0.15) is 15.9 Å². The Hall–Kier alpha value is -2.40. The molecule has 2 heterocycles. The zero-order valence-corrected chi connectivity index (χ0v) is 14.2. The normalized spacial score (nSPS) is 14.5. The molecular weight excluding hydrogens is 302 g/mol. The summed E-state index contributed by atoms with van der Waals surface area (Å²) in [5.74, 6) is 0.999. The van der Waals surface area contributed by atoms with Gasteiger partial charge in [0.05, 0.1) is 13.2 Å². The van der Waals surface area contributed by atoms with Crippen LogP contribution in [0.3, 0.4) is 0 Å². The molecule has 0 bridgehead atoms. The predicted molar refractivity (Wildman–Crippen MR) is 96.1 cm³/mol. The fourth-order valence-corrected chi connectivity index (χ4v) is 2.73. The first-order valence-corrected chi connectivity index (χ1v) is 8.22. The van der Waals surface area contributed by atoms with Gasteiger partial charge in [-0.3, -0.25) is 4.79 Å². The van der Waals surface area contributed by atoms with E-state index in [1.54, 1.807) is 6.20 Å². The molecule has 0 unspecified atom stereocenters. The number of hydrogen-bond acceptors (Lipinski definition) is 5. The Bertz CT molecular complexity index is 675. The Morgan fingerprint density at radius 1 is 1.12 bits per heavy atom. The van der Waals surface area contributed by atoms with Crippen molar-refractivity contribution >= 4 is 17.3 Å². The maximum atomic E-state index is 12.4. The van der Waals surface area contributed by atoms with Crippen LogP contribution >= 0.6 is 0 Å². The molecule has 0 aliphatic carbocycles. The third-order valence-electron chi connectivity index (χ3n) is 4.22. The van der Waals surface area contributed by atoms with Crippen LogP contribution in [0.25, 0.3) is 0 Å². The van der Waals surface area contributed by atoms with Crippen molar-refractivity contribution in [3.05, 3.63) is 53.7 Å². The number of benzene rings is 1. The highest BCUT2D eigenvalue weighted by atomic mass is 16.5. The summed E-state index contributed by atoms with van der Waals surface area (Å²) in [6, 6.07) is 11.9. The molecule has 3 rings (SSSR count). The zero-order chi connectivity index (χ0) is 16.9. The highest BCUT2D eigenvalue weighted by Crippen LogP contribution is 2.16. The quantitative estimate of drug-likeness (QED) is 0.790. The first kappa shape index (κ1) is 16.5. The van der Waals surface area contributed by atoms with Crippen LogP contribution in [-0.4, -0.2) is 51.2 Å². The lowest BCUT2D eigenvalue weighted by atomic mass is 10.0. The SMILES string of the molecule is CN(C)c1ccc(CC(=O)c2ccc(N3CCOCC3)nc2)cc1. The lowest BCUT2D eigenvalue weighted by Crippen LogP contribution is -2.36. The summed E-state index contributed by atoms with van der Waals surface area (Å²) < 4.78 is 5.35. The highest BCUT2D eigenvalue weighted by Gasteiger charge is 2.13. The van der Waals surface area contributed by atoms with E-state index in [1.807, 2.05) is 55.4 Å². The van der Waals surface area contributed by atoms with Crippen LogP contribution in [0.2, 0.25) is 0 Å². The van der Waals surface area contributed by atoms with Crippen molar-refractivity contribution in [2.24, 2.45) is 0 Å². The number of nitrogens with zero attached hydrogens (tertiary/aromatic N) is 3. The number of ketones is 1. The van der Waals surface area contributed by atoms with Gasteiger partial charge >= 0.3 is 0 Å². The standard InChI is InChI=1S/C19H23N3O2/c1-21(2)17-6-3-15(4-7-17)13-18(23)16-5-8-19(20-14-16)22-9-11-24-12-10-22/h3-8,14H,9-13H2,1-2H3. The minimum Gasteiger partial charge on any atom is -0.378 e. The Morgan fingerprint density at radius 3 is 2.42 bits per heavy atom. The molecule has 0 radical (unpaired) electrons. The number of anilines is 2. The van der Waals surface area contributed by atoms with Crippen LogP contribution in [0.4, 0.5) is 11.5 Å². The van der Waals surface area contributed by atoms with E-state index in [0.29, 0.717) is 12.0 Å². The molecule has 0 spiro atoms. The smallest absolute Gasteiger partial charge is 0.168 e. The number of hydrogen-bond donors (Lipinski definition) is 0. The van der Waals surface area contributed by atoms with E-state index in [2.05, 4.69) is 9.88 Å². The van der Waals surface area contributed by atoms with E-state index in [9.17, 15) is 4.79 Å². The van der Waals surface area contributed by atoms with E-state index in [1.165, 1.54) is 0 Å². The molecule has 5 heteroatoms. The fraction of sp³-hybridized carbons (Fsp3) is 0.368. The summed E-state index contributed by atoms with van der Waals surface area (Å²) in [5, 5.41) is 0. The van der Waals surface area contributed by atoms with Gasteiger partial charge in [0, 0.05) is 51.1 Å². The molecule has 126 valence electrons. The van der Waals surface area contributed by atoms with Crippen molar-refractivity contribution in [3.8, 4) is 0 Å². The summed E-state index contributed by atoms with van der Waals surface area (Å²) in [7, 11) is 4.00. The van der Waals surface area contributed by atoms with Crippen LogP contribution in [-0.2, 0) is 11.2 Å². The minimum atomic E-state index is 0.0913. The third kappa shape index (κ3) is 3.92. The van der Waals surface area contributed by atoms with Crippen LogP contribution in [0.5, 0.6) is 0 Å². The van der Waals surface area contributed by atoms with Crippen molar-refractivity contribution in [3.63, 3.8) is 0 Å². The van der Waals surface area contributed by atoms with E-state index in [0.717, 1.165) is 43.4 Å². The lowest BCUT2D eigenvalue weighted by molar-refractivity contribution is 0.0992. The first-order valence-electron chi connectivity index (χ1n) is 8.22. The van der Waals surface area contributed by atoms with Gasteiger partial charge in [0.15, 0.2) is 5.78 Å². The average Bonchev–Trinajstić information content (AvgIpc) is 2.63. The van der Waals surface area contributed by atoms with Crippen molar-refractivity contribution < 1.29 is 9.53 Å². The molecule has 0 amide bonds. The fourth-order valence-electron chi connectivity index (χ4n) is 2.73. The first-order chi connectivity index (χ1) is 11.6. The number of ether oxygens (including phenoxy) is 1.